The molecule has 1 aliphatic heterocycles. The molecule has 0 atom stereocenters. The van der Waals surface area contributed by atoms with Crippen LogP contribution in [0.2, 0.25) is 0 Å². The Kier molecular flexibility index (Phi) is 5.45. The van der Waals surface area contributed by atoms with E-state index in [9.17, 15) is 4.79 Å². The molecule has 2 heterocycles. The summed E-state index contributed by atoms with van der Waals surface area (Å²) in [6.07, 6.45) is 4.43. The summed E-state index contributed by atoms with van der Waals surface area (Å²) in [6.45, 7) is 2.23. The summed E-state index contributed by atoms with van der Waals surface area (Å²) >= 11 is 0. The van der Waals surface area contributed by atoms with Gasteiger partial charge in [0, 0.05) is 22.8 Å². The van der Waals surface area contributed by atoms with E-state index in [-0.39, 0.29) is 5.91 Å². The molecule has 0 unspecified atom stereocenters. The zero-order chi connectivity index (χ0) is 20.4. The molecule has 1 saturated heterocycles. The fraction of sp³-hybridized carbons (Fsp3) is 0.348. The van der Waals surface area contributed by atoms with Gasteiger partial charge in [0.25, 0.3) is 5.91 Å². The molecule has 2 aromatic carbocycles. The minimum atomic E-state index is -0.225. The number of anilines is 1. The number of likely N-dealkylation sites (tertiary alicyclic amines) is 1. The van der Waals surface area contributed by atoms with Gasteiger partial charge in [0.15, 0.2) is 11.5 Å². The van der Waals surface area contributed by atoms with Gasteiger partial charge in [-0.2, -0.15) is 0 Å². The van der Waals surface area contributed by atoms with E-state index in [1.54, 1.807) is 25.3 Å². The van der Waals surface area contributed by atoms with Crippen LogP contribution in [0.15, 0.2) is 42.6 Å². The molecule has 1 amide bonds. The van der Waals surface area contributed by atoms with Crippen molar-refractivity contribution in [2.75, 3.05) is 39.7 Å². The predicted octanol–water partition coefficient (Wildman–Crippen LogP) is 4.25. The van der Waals surface area contributed by atoms with E-state index in [2.05, 4.69) is 34.5 Å². The number of hydrogen-bond acceptors (Lipinski definition) is 4. The number of ether oxygens (including phenoxy) is 2. The van der Waals surface area contributed by atoms with Crippen LogP contribution >= 0.6 is 0 Å². The normalized spacial score (nSPS) is 15.4. The SMILES string of the molecule is COc1cccc(C(=O)Nc2ccc3[nH]cc(C4CCN(C)CC4)c3c2)c1OC. The maximum absolute atomic E-state index is 12.9. The standard InChI is InChI=1S/C23H27N3O3/c1-26-11-9-15(10-12-26)19-14-24-20-8-7-16(13-18(19)20)25-23(27)17-5-4-6-21(28-2)22(17)29-3/h4-8,13-15,24H,9-12H2,1-3H3,(H,25,27). The number of carbonyl (C=O) groups is 1. The smallest absolute Gasteiger partial charge is 0.259 e. The van der Waals surface area contributed by atoms with E-state index in [4.69, 9.17) is 9.47 Å². The first kappa shape index (κ1) is 19.3. The number of H-pyrrole nitrogens is 1. The molecule has 4 rings (SSSR count). The highest BCUT2D eigenvalue weighted by atomic mass is 16.5. The number of fused-ring (bicyclic) bond motifs is 1. The van der Waals surface area contributed by atoms with Crippen molar-refractivity contribution in [2.45, 2.75) is 18.8 Å². The molecule has 29 heavy (non-hydrogen) atoms. The van der Waals surface area contributed by atoms with E-state index < -0.39 is 0 Å². The number of rotatable bonds is 5. The number of benzene rings is 2. The topological polar surface area (TPSA) is 66.6 Å². The van der Waals surface area contributed by atoms with Crippen LogP contribution in [0.3, 0.4) is 0 Å². The van der Waals surface area contributed by atoms with Crippen LogP contribution in [-0.2, 0) is 0 Å². The Bertz CT molecular complexity index is 1020. The van der Waals surface area contributed by atoms with Gasteiger partial charge in [0.2, 0.25) is 0 Å². The molecule has 0 bridgehead atoms. The minimum Gasteiger partial charge on any atom is -0.493 e. The third-order valence-corrected chi connectivity index (χ3v) is 5.78. The molecule has 6 heteroatoms. The van der Waals surface area contributed by atoms with Crippen molar-refractivity contribution in [3.63, 3.8) is 0 Å². The molecular formula is C23H27N3O3. The molecular weight excluding hydrogens is 366 g/mol. The Morgan fingerprint density at radius 1 is 1.14 bits per heavy atom. The summed E-state index contributed by atoms with van der Waals surface area (Å²) in [5, 5.41) is 4.18. The first-order valence-electron chi connectivity index (χ1n) is 9.92. The Balaban J connectivity index is 1.60. The van der Waals surface area contributed by atoms with Crippen LogP contribution in [0.5, 0.6) is 11.5 Å². The predicted molar refractivity (Wildman–Crippen MR) is 115 cm³/mol. The van der Waals surface area contributed by atoms with E-state index in [1.165, 1.54) is 18.1 Å². The van der Waals surface area contributed by atoms with E-state index in [0.717, 1.165) is 37.1 Å². The molecule has 0 saturated carbocycles. The maximum atomic E-state index is 12.9. The Hall–Kier alpha value is -2.99. The highest BCUT2D eigenvalue weighted by Crippen LogP contribution is 2.35. The monoisotopic (exact) mass is 393 g/mol. The lowest BCUT2D eigenvalue weighted by Crippen LogP contribution is -2.29. The second-order valence-electron chi connectivity index (χ2n) is 7.58. The van der Waals surface area contributed by atoms with E-state index in [0.29, 0.717) is 23.0 Å². The summed E-state index contributed by atoms with van der Waals surface area (Å²) < 4.78 is 10.7. The lowest BCUT2D eigenvalue weighted by molar-refractivity contribution is 0.102. The maximum Gasteiger partial charge on any atom is 0.259 e. The third-order valence-electron chi connectivity index (χ3n) is 5.78. The molecule has 1 fully saturated rings. The second kappa shape index (κ2) is 8.17. The molecule has 1 aliphatic rings. The third kappa shape index (κ3) is 3.80. The highest BCUT2D eigenvalue weighted by Gasteiger charge is 2.22. The van der Waals surface area contributed by atoms with E-state index >= 15 is 0 Å². The number of aromatic amines is 1. The van der Waals surface area contributed by atoms with Gasteiger partial charge in [-0.25, -0.2) is 0 Å². The number of nitrogens with one attached hydrogen (secondary N) is 2. The van der Waals surface area contributed by atoms with Crippen LogP contribution in [0.4, 0.5) is 5.69 Å². The molecule has 0 spiro atoms. The molecule has 2 N–H and O–H groups in total. The summed E-state index contributed by atoms with van der Waals surface area (Å²) in [5.41, 5.74) is 3.64. The number of methoxy groups -OCH3 is 2. The van der Waals surface area contributed by atoms with Gasteiger partial charge in [-0.15, -0.1) is 0 Å². The van der Waals surface area contributed by atoms with Gasteiger partial charge in [-0.3, -0.25) is 4.79 Å². The van der Waals surface area contributed by atoms with Crippen LogP contribution in [0.25, 0.3) is 10.9 Å². The molecule has 0 radical (unpaired) electrons. The van der Waals surface area contributed by atoms with Gasteiger partial charge in [0.1, 0.15) is 0 Å². The highest BCUT2D eigenvalue weighted by molar-refractivity contribution is 6.07. The van der Waals surface area contributed by atoms with Crippen LogP contribution in [-0.4, -0.2) is 50.1 Å². The van der Waals surface area contributed by atoms with E-state index in [1.807, 2.05) is 12.1 Å². The summed E-state index contributed by atoms with van der Waals surface area (Å²) in [6, 6.07) is 11.3. The van der Waals surface area contributed by atoms with Crippen molar-refractivity contribution in [1.82, 2.24) is 9.88 Å². The quantitative estimate of drug-likeness (QED) is 0.680. The number of aromatic nitrogens is 1. The van der Waals surface area contributed by atoms with Gasteiger partial charge in [-0.05, 0) is 74.8 Å². The number of hydrogen-bond donors (Lipinski definition) is 2. The van der Waals surface area contributed by atoms with Gasteiger partial charge in [0.05, 0.1) is 19.8 Å². The molecule has 0 aliphatic carbocycles. The van der Waals surface area contributed by atoms with Crippen molar-refractivity contribution >= 4 is 22.5 Å². The van der Waals surface area contributed by atoms with Crippen molar-refractivity contribution in [2.24, 2.45) is 0 Å². The van der Waals surface area contributed by atoms with Crippen LogP contribution < -0.4 is 14.8 Å². The largest absolute Gasteiger partial charge is 0.493 e. The molecule has 1 aromatic heterocycles. The van der Waals surface area contributed by atoms with Gasteiger partial charge < -0.3 is 24.7 Å². The molecule has 6 nitrogen and oxygen atoms in total. The van der Waals surface area contributed by atoms with Gasteiger partial charge in [-0.1, -0.05) is 6.07 Å². The van der Waals surface area contributed by atoms with Crippen molar-refractivity contribution in [3.05, 3.63) is 53.7 Å². The van der Waals surface area contributed by atoms with Crippen molar-refractivity contribution < 1.29 is 14.3 Å². The Labute approximate surface area is 170 Å². The number of para-hydroxylation sites is 1. The first-order chi connectivity index (χ1) is 14.1. The molecule has 152 valence electrons. The number of amides is 1. The summed E-state index contributed by atoms with van der Waals surface area (Å²) in [5.74, 6) is 1.29. The lowest BCUT2D eigenvalue weighted by Gasteiger charge is -2.28. The van der Waals surface area contributed by atoms with Crippen molar-refractivity contribution in [1.29, 1.82) is 0 Å². The average molecular weight is 393 g/mol. The number of carbonyl (C=O) groups excluding carboxylic acids is 1. The van der Waals surface area contributed by atoms with Crippen LogP contribution in [0, 0.1) is 0 Å². The second-order valence-corrected chi connectivity index (χ2v) is 7.58. The zero-order valence-corrected chi connectivity index (χ0v) is 17.1. The first-order valence-corrected chi connectivity index (χ1v) is 9.92. The Morgan fingerprint density at radius 3 is 2.66 bits per heavy atom. The summed E-state index contributed by atoms with van der Waals surface area (Å²) in [7, 11) is 5.27. The lowest BCUT2D eigenvalue weighted by atomic mass is 9.89. The van der Waals surface area contributed by atoms with Gasteiger partial charge >= 0.3 is 0 Å². The minimum absolute atomic E-state index is 0.225. The summed E-state index contributed by atoms with van der Waals surface area (Å²) in [4.78, 5) is 18.7. The fourth-order valence-electron chi connectivity index (χ4n) is 4.14. The van der Waals surface area contributed by atoms with Crippen molar-refractivity contribution in [3.8, 4) is 11.5 Å². The fourth-order valence-corrected chi connectivity index (χ4v) is 4.14. The number of piperidine rings is 1. The Morgan fingerprint density at radius 2 is 1.93 bits per heavy atom. The average Bonchev–Trinajstić information content (AvgIpc) is 3.16. The van der Waals surface area contributed by atoms with Crippen LogP contribution in [0.1, 0.15) is 34.7 Å². The molecule has 3 aromatic rings. The number of nitrogens with zero attached hydrogens (tertiary/aromatic N) is 1. The zero-order valence-electron chi connectivity index (χ0n) is 17.1.